The Balaban J connectivity index is 1.68. The molecule has 122 valence electrons. The third kappa shape index (κ3) is 3.02. The maximum Gasteiger partial charge on any atom is 0.160 e. The van der Waals surface area contributed by atoms with Crippen LogP contribution in [0.25, 0.3) is 10.9 Å². The van der Waals surface area contributed by atoms with Crippen molar-refractivity contribution in [2.45, 2.75) is 0 Å². The van der Waals surface area contributed by atoms with Gasteiger partial charge in [0.2, 0.25) is 0 Å². The standard InChI is InChI=1S/C18H15N7/c19-16-17(22-11-23-18(16)25-15-8-1-2-9-21-15)24-14-7-3-6-13-12(14)5-4-10-20-13/h1-11H,19H2,(H2,21,22,23,24,25). The molecule has 25 heavy (non-hydrogen) atoms. The van der Waals surface area contributed by atoms with E-state index < -0.39 is 0 Å². The van der Waals surface area contributed by atoms with Gasteiger partial charge in [0.15, 0.2) is 11.6 Å². The van der Waals surface area contributed by atoms with Gasteiger partial charge in [0, 0.05) is 23.5 Å². The van der Waals surface area contributed by atoms with E-state index in [4.69, 9.17) is 5.73 Å². The molecule has 0 fully saturated rings. The van der Waals surface area contributed by atoms with Crippen LogP contribution >= 0.6 is 0 Å². The molecule has 1 aromatic carbocycles. The Kier molecular flexibility index (Phi) is 3.80. The Hall–Kier alpha value is -3.74. The SMILES string of the molecule is Nc1c(Nc2ccccn2)ncnc1Nc1cccc2ncccc12. The third-order valence-electron chi connectivity index (χ3n) is 3.69. The molecule has 7 heteroatoms. The Morgan fingerprint density at radius 1 is 0.720 bits per heavy atom. The highest BCUT2D eigenvalue weighted by Gasteiger charge is 2.10. The Morgan fingerprint density at radius 2 is 1.56 bits per heavy atom. The van der Waals surface area contributed by atoms with Gasteiger partial charge in [-0.3, -0.25) is 4.98 Å². The molecule has 7 nitrogen and oxygen atoms in total. The maximum absolute atomic E-state index is 6.23. The van der Waals surface area contributed by atoms with Gasteiger partial charge < -0.3 is 16.4 Å². The van der Waals surface area contributed by atoms with Crippen LogP contribution in [-0.4, -0.2) is 19.9 Å². The number of pyridine rings is 2. The minimum Gasteiger partial charge on any atom is -0.393 e. The number of nitrogens with zero attached hydrogens (tertiary/aromatic N) is 4. The molecule has 0 aliphatic rings. The third-order valence-corrected chi connectivity index (χ3v) is 3.69. The molecule has 4 rings (SSSR count). The molecule has 0 spiro atoms. The normalized spacial score (nSPS) is 10.6. The summed E-state index contributed by atoms with van der Waals surface area (Å²) in [6.07, 6.45) is 4.91. The lowest BCUT2D eigenvalue weighted by Gasteiger charge is -2.13. The predicted octanol–water partition coefficient (Wildman–Crippen LogP) is 3.49. The van der Waals surface area contributed by atoms with E-state index in [1.54, 1.807) is 12.4 Å². The van der Waals surface area contributed by atoms with Crippen LogP contribution in [0.1, 0.15) is 0 Å². The summed E-state index contributed by atoms with van der Waals surface area (Å²) in [5.74, 6) is 1.67. The summed E-state index contributed by atoms with van der Waals surface area (Å²) >= 11 is 0. The minimum atomic E-state index is 0.411. The number of nitrogens with one attached hydrogen (secondary N) is 2. The Morgan fingerprint density at radius 3 is 2.40 bits per heavy atom. The average molecular weight is 329 g/mol. The summed E-state index contributed by atoms with van der Waals surface area (Å²) in [7, 11) is 0. The molecule has 0 aliphatic carbocycles. The topological polar surface area (TPSA) is 102 Å². The van der Waals surface area contributed by atoms with Crippen molar-refractivity contribution >= 4 is 39.7 Å². The summed E-state index contributed by atoms with van der Waals surface area (Å²) in [5, 5.41) is 7.35. The van der Waals surface area contributed by atoms with Crippen molar-refractivity contribution in [3.8, 4) is 0 Å². The molecular formula is C18H15N7. The van der Waals surface area contributed by atoms with Crippen molar-refractivity contribution in [2.75, 3.05) is 16.4 Å². The van der Waals surface area contributed by atoms with E-state index in [1.807, 2.05) is 48.5 Å². The molecular weight excluding hydrogens is 314 g/mol. The first kappa shape index (κ1) is 14.8. The fraction of sp³-hybridized carbons (Fsp3) is 0. The first-order valence-electron chi connectivity index (χ1n) is 7.70. The van der Waals surface area contributed by atoms with Gasteiger partial charge in [-0.15, -0.1) is 0 Å². The lowest BCUT2D eigenvalue weighted by Crippen LogP contribution is -2.06. The zero-order valence-corrected chi connectivity index (χ0v) is 13.2. The highest BCUT2D eigenvalue weighted by Crippen LogP contribution is 2.30. The molecule has 4 N–H and O–H groups in total. The van der Waals surface area contributed by atoms with Crippen molar-refractivity contribution in [2.24, 2.45) is 0 Å². The van der Waals surface area contributed by atoms with E-state index in [1.165, 1.54) is 6.33 Å². The molecule has 0 radical (unpaired) electrons. The van der Waals surface area contributed by atoms with Crippen LogP contribution < -0.4 is 16.4 Å². The van der Waals surface area contributed by atoms with Crippen molar-refractivity contribution in [1.82, 2.24) is 19.9 Å². The number of anilines is 5. The summed E-state index contributed by atoms with van der Waals surface area (Å²) in [4.78, 5) is 17.0. The molecule has 0 atom stereocenters. The summed E-state index contributed by atoms with van der Waals surface area (Å²) < 4.78 is 0. The van der Waals surface area contributed by atoms with Gasteiger partial charge in [0.25, 0.3) is 0 Å². The monoisotopic (exact) mass is 329 g/mol. The zero-order chi connectivity index (χ0) is 17.1. The van der Waals surface area contributed by atoms with Gasteiger partial charge in [-0.05, 0) is 36.4 Å². The van der Waals surface area contributed by atoms with Gasteiger partial charge >= 0.3 is 0 Å². The Bertz CT molecular complexity index is 1010. The van der Waals surface area contributed by atoms with E-state index >= 15 is 0 Å². The number of hydrogen-bond acceptors (Lipinski definition) is 7. The molecule has 3 heterocycles. The smallest absolute Gasteiger partial charge is 0.160 e. The summed E-state index contributed by atoms with van der Waals surface area (Å²) in [6, 6.07) is 15.3. The number of benzene rings is 1. The fourth-order valence-electron chi connectivity index (χ4n) is 2.49. The summed E-state index contributed by atoms with van der Waals surface area (Å²) in [5.41, 5.74) is 8.41. The molecule has 0 amide bonds. The number of nitrogens with two attached hydrogens (primary N) is 1. The molecule has 0 aliphatic heterocycles. The fourth-order valence-corrected chi connectivity index (χ4v) is 2.49. The molecule has 0 saturated carbocycles. The lowest BCUT2D eigenvalue weighted by atomic mass is 10.2. The van der Waals surface area contributed by atoms with Gasteiger partial charge in [-0.1, -0.05) is 12.1 Å². The second kappa shape index (κ2) is 6.40. The minimum absolute atomic E-state index is 0.411. The predicted molar refractivity (Wildman–Crippen MR) is 99.0 cm³/mol. The van der Waals surface area contributed by atoms with Crippen LogP contribution in [-0.2, 0) is 0 Å². The first-order valence-corrected chi connectivity index (χ1v) is 7.70. The van der Waals surface area contributed by atoms with Crippen LogP contribution in [0.4, 0.5) is 28.8 Å². The van der Waals surface area contributed by atoms with Crippen molar-refractivity contribution < 1.29 is 0 Å². The quantitative estimate of drug-likeness (QED) is 0.526. The maximum atomic E-state index is 6.23. The number of hydrogen-bond donors (Lipinski definition) is 3. The highest BCUT2D eigenvalue weighted by molar-refractivity contribution is 5.94. The Labute approximate surface area is 144 Å². The van der Waals surface area contributed by atoms with Gasteiger partial charge in [0.05, 0.1) is 5.52 Å². The second-order valence-corrected chi connectivity index (χ2v) is 5.33. The van der Waals surface area contributed by atoms with Crippen molar-refractivity contribution in [3.05, 3.63) is 67.3 Å². The second-order valence-electron chi connectivity index (χ2n) is 5.33. The van der Waals surface area contributed by atoms with E-state index in [0.717, 1.165) is 16.6 Å². The number of aromatic nitrogens is 4. The van der Waals surface area contributed by atoms with Gasteiger partial charge in [0.1, 0.15) is 17.8 Å². The van der Waals surface area contributed by atoms with Crippen molar-refractivity contribution in [1.29, 1.82) is 0 Å². The number of nitrogen functional groups attached to an aromatic ring is 1. The highest BCUT2D eigenvalue weighted by atomic mass is 15.1. The van der Waals surface area contributed by atoms with E-state index in [-0.39, 0.29) is 0 Å². The van der Waals surface area contributed by atoms with Gasteiger partial charge in [-0.25, -0.2) is 15.0 Å². The largest absolute Gasteiger partial charge is 0.393 e. The van der Waals surface area contributed by atoms with E-state index in [0.29, 0.717) is 23.1 Å². The summed E-state index contributed by atoms with van der Waals surface area (Å²) in [6.45, 7) is 0. The molecule has 0 unspecified atom stereocenters. The average Bonchev–Trinajstić information content (AvgIpc) is 2.66. The molecule has 3 aromatic heterocycles. The van der Waals surface area contributed by atoms with Crippen LogP contribution in [0, 0.1) is 0 Å². The number of rotatable bonds is 4. The van der Waals surface area contributed by atoms with E-state index in [9.17, 15) is 0 Å². The van der Waals surface area contributed by atoms with Crippen LogP contribution in [0.2, 0.25) is 0 Å². The van der Waals surface area contributed by atoms with Gasteiger partial charge in [-0.2, -0.15) is 0 Å². The van der Waals surface area contributed by atoms with E-state index in [2.05, 4.69) is 30.6 Å². The van der Waals surface area contributed by atoms with Crippen LogP contribution in [0.5, 0.6) is 0 Å². The van der Waals surface area contributed by atoms with Crippen LogP contribution in [0.15, 0.2) is 67.3 Å². The zero-order valence-electron chi connectivity index (χ0n) is 13.2. The molecule has 0 saturated heterocycles. The molecule has 0 bridgehead atoms. The van der Waals surface area contributed by atoms with Crippen LogP contribution in [0.3, 0.4) is 0 Å². The van der Waals surface area contributed by atoms with Crippen molar-refractivity contribution in [3.63, 3.8) is 0 Å². The first-order chi connectivity index (χ1) is 12.3. The number of fused-ring (bicyclic) bond motifs is 1. The lowest BCUT2D eigenvalue weighted by molar-refractivity contribution is 1.16. The molecule has 4 aromatic rings.